The minimum Gasteiger partial charge on any atom is -0.437 e. The van der Waals surface area contributed by atoms with Gasteiger partial charge in [0.25, 0.3) is 5.91 Å². The highest BCUT2D eigenvalue weighted by atomic mass is 127. The Kier molecular flexibility index (Phi) is 6.07. The lowest BCUT2D eigenvalue weighted by molar-refractivity contribution is 0.0997. The number of aromatic nitrogens is 3. The first-order valence-corrected chi connectivity index (χ1v) is 12.5. The largest absolute Gasteiger partial charge is 0.437 e. The molecule has 1 amide bonds. The zero-order valence-electron chi connectivity index (χ0n) is 17.7. The van der Waals surface area contributed by atoms with Gasteiger partial charge in [0.05, 0.1) is 17.5 Å². The first-order chi connectivity index (χ1) is 16.0. The molecule has 0 aliphatic carbocycles. The van der Waals surface area contributed by atoms with Gasteiger partial charge in [-0.2, -0.15) is 4.98 Å². The van der Waals surface area contributed by atoms with Crippen LogP contribution in [0.3, 0.4) is 0 Å². The van der Waals surface area contributed by atoms with Crippen molar-refractivity contribution in [2.45, 2.75) is 0 Å². The van der Waals surface area contributed by atoms with Gasteiger partial charge in [0.2, 0.25) is 15.9 Å². The fraction of sp³-hybridized carbons (Fsp3) is 0.0952. The average Bonchev–Trinajstić information content (AvgIpc) is 3.19. The summed E-state index contributed by atoms with van der Waals surface area (Å²) in [7, 11) is -2.25. The monoisotopic (exact) mass is 597 g/mol. The van der Waals surface area contributed by atoms with Gasteiger partial charge in [-0.1, -0.05) is 6.07 Å². The molecule has 34 heavy (non-hydrogen) atoms. The van der Waals surface area contributed by atoms with Crippen molar-refractivity contribution in [1.82, 2.24) is 13.5 Å². The van der Waals surface area contributed by atoms with Gasteiger partial charge in [-0.15, -0.1) is 0 Å². The van der Waals surface area contributed by atoms with Gasteiger partial charge in [-0.25, -0.2) is 21.6 Å². The van der Waals surface area contributed by atoms with Gasteiger partial charge >= 0.3 is 5.69 Å². The van der Waals surface area contributed by atoms with Crippen molar-refractivity contribution >= 4 is 60.9 Å². The summed E-state index contributed by atoms with van der Waals surface area (Å²) in [6, 6.07) is 10.5. The van der Waals surface area contributed by atoms with E-state index in [9.17, 15) is 22.4 Å². The van der Waals surface area contributed by atoms with Crippen LogP contribution in [0.5, 0.6) is 11.6 Å². The Hall–Kier alpha value is -3.46. The van der Waals surface area contributed by atoms with Crippen LogP contribution in [0.4, 0.5) is 15.9 Å². The SMILES string of the molecule is Cn1c(Nc2ccc(I)cc2F)c(C(N)=O)c(Oc2cccc3c2ccn3S(C)(=O)=O)nc1=O. The first kappa shape index (κ1) is 23.7. The summed E-state index contributed by atoms with van der Waals surface area (Å²) < 4.78 is 47.0. The number of nitrogens with two attached hydrogens (primary N) is 1. The molecule has 0 radical (unpaired) electrons. The molecular weight excluding hydrogens is 580 g/mol. The topological polar surface area (TPSA) is 138 Å². The molecule has 0 saturated carbocycles. The molecule has 0 aliphatic heterocycles. The highest BCUT2D eigenvalue weighted by Crippen LogP contribution is 2.34. The lowest BCUT2D eigenvalue weighted by atomic mass is 10.2. The molecule has 0 bridgehead atoms. The Balaban J connectivity index is 1.87. The Bertz CT molecular complexity index is 1630. The number of fused-ring (bicyclic) bond motifs is 1. The van der Waals surface area contributed by atoms with Gasteiger partial charge < -0.3 is 15.8 Å². The molecule has 0 aliphatic rings. The molecule has 4 aromatic rings. The number of hydrogen-bond acceptors (Lipinski definition) is 7. The number of rotatable bonds is 6. The van der Waals surface area contributed by atoms with E-state index in [1.165, 1.54) is 37.5 Å². The maximum Gasteiger partial charge on any atom is 0.352 e. The van der Waals surface area contributed by atoms with E-state index >= 15 is 0 Å². The minimum absolute atomic E-state index is 0.00222. The van der Waals surface area contributed by atoms with Crippen molar-refractivity contribution in [2.75, 3.05) is 11.6 Å². The summed E-state index contributed by atoms with van der Waals surface area (Å²) in [5, 5.41) is 3.12. The number of carbonyl (C=O) groups is 1. The molecule has 2 heterocycles. The van der Waals surface area contributed by atoms with Crippen LogP contribution in [0, 0.1) is 9.39 Å². The van der Waals surface area contributed by atoms with Crippen LogP contribution < -0.4 is 21.5 Å². The highest BCUT2D eigenvalue weighted by molar-refractivity contribution is 14.1. The number of primary amides is 1. The smallest absolute Gasteiger partial charge is 0.352 e. The third kappa shape index (κ3) is 4.35. The van der Waals surface area contributed by atoms with E-state index < -0.39 is 33.3 Å². The van der Waals surface area contributed by atoms with E-state index in [0.717, 1.165) is 14.8 Å². The molecule has 0 spiro atoms. The molecule has 13 heteroatoms. The summed E-state index contributed by atoms with van der Waals surface area (Å²) in [5.41, 5.74) is 4.82. The van der Waals surface area contributed by atoms with Gasteiger partial charge in [0.1, 0.15) is 22.9 Å². The van der Waals surface area contributed by atoms with E-state index in [2.05, 4.69) is 10.3 Å². The van der Waals surface area contributed by atoms with Crippen molar-refractivity contribution in [2.24, 2.45) is 12.8 Å². The number of halogens is 2. The predicted molar refractivity (Wildman–Crippen MR) is 133 cm³/mol. The molecule has 176 valence electrons. The Morgan fingerprint density at radius 3 is 2.62 bits per heavy atom. The van der Waals surface area contributed by atoms with Crippen LogP contribution >= 0.6 is 22.6 Å². The number of ether oxygens (including phenoxy) is 1. The van der Waals surface area contributed by atoms with Crippen LogP contribution in [0.2, 0.25) is 0 Å². The van der Waals surface area contributed by atoms with E-state index in [1.54, 1.807) is 18.2 Å². The molecule has 2 aromatic carbocycles. The molecule has 3 N–H and O–H groups in total. The second kappa shape index (κ2) is 8.72. The van der Waals surface area contributed by atoms with Gasteiger partial charge in [0, 0.05) is 22.2 Å². The van der Waals surface area contributed by atoms with Crippen LogP contribution in [0.25, 0.3) is 10.9 Å². The number of hydrogen-bond donors (Lipinski definition) is 2. The normalized spacial score (nSPS) is 11.5. The fourth-order valence-corrected chi connectivity index (χ4v) is 4.59. The maximum atomic E-state index is 14.5. The molecule has 10 nitrogen and oxygen atoms in total. The van der Waals surface area contributed by atoms with Gasteiger partial charge in [-0.3, -0.25) is 9.36 Å². The minimum atomic E-state index is -3.59. The second-order valence-corrected chi connectivity index (χ2v) is 10.4. The molecule has 0 atom stereocenters. The zero-order valence-corrected chi connectivity index (χ0v) is 20.7. The Morgan fingerprint density at radius 1 is 1.24 bits per heavy atom. The van der Waals surface area contributed by atoms with Crippen LogP contribution in [-0.2, 0) is 17.1 Å². The summed E-state index contributed by atoms with van der Waals surface area (Å²) in [4.78, 5) is 28.8. The molecule has 0 unspecified atom stereocenters. The first-order valence-electron chi connectivity index (χ1n) is 9.58. The average molecular weight is 597 g/mol. The third-order valence-corrected chi connectivity index (χ3v) is 6.63. The standard InChI is InChI=1S/C21H17FIN5O5S/c1-27-19(25-14-7-6-11(23)10-13(14)22)17(18(24)29)20(26-21(27)30)33-16-5-3-4-15-12(16)8-9-28(15)34(2,31)32/h3-10,25H,1-2H3,(H2,24,29). The number of anilines is 2. The predicted octanol–water partition coefficient (Wildman–Crippen LogP) is 2.92. The fourth-order valence-electron chi connectivity index (χ4n) is 3.34. The van der Waals surface area contributed by atoms with Crippen molar-refractivity contribution in [3.8, 4) is 11.6 Å². The maximum absolute atomic E-state index is 14.5. The van der Waals surface area contributed by atoms with Gasteiger partial charge in [-0.05, 0) is 59.0 Å². The lowest BCUT2D eigenvalue weighted by Gasteiger charge is -2.17. The molecule has 0 saturated heterocycles. The summed E-state index contributed by atoms with van der Waals surface area (Å²) >= 11 is 1.95. The highest BCUT2D eigenvalue weighted by Gasteiger charge is 2.24. The van der Waals surface area contributed by atoms with Crippen LogP contribution in [0.15, 0.2) is 53.5 Å². The quantitative estimate of drug-likeness (QED) is 0.326. The number of nitrogens with one attached hydrogen (secondary N) is 1. The third-order valence-electron chi connectivity index (χ3n) is 4.92. The molecule has 0 fully saturated rings. The van der Waals surface area contributed by atoms with Crippen LogP contribution in [-0.4, -0.2) is 34.1 Å². The number of amides is 1. The summed E-state index contributed by atoms with van der Waals surface area (Å²) in [6.07, 6.45) is 2.40. The van der Waals surface area contributed by atoms with E-state index in [-0.39, 0.29) is 22.8 Å². The van der Waals surface area contributed by atoms with Crippen molar-refractivity contribution in [3.05, 3.63) is 74.1 Å². The number of nitrogens with zero attached hydrogens (tertiary/aromatic N) is 3. The van der Waals surface area contributed by atoms with Gasteiger partial charge in [0.15, 0.2) is 0 Å². The van der Waals surface area contributed by atoms with Crippen molar-refractivity contribution in [1.29, 1.82) is 0 Å². The summed E-state index contributed by atoms with van der Waals surface area (Å²) in [6.45, 7) is 0. The van der Waals surface area contributed by atoms with E-state index in [4.69, 9.17) is 10.5 Å². The van der Waals surface area contributed by atoms with Crippen molar-refractivity contribution < 1.29 is 22.3 Å². The molecule has 2 aromatic heterocycles. The summed E-state index contributed by atoms with van der Waals surface area (Å²) in [5.74, 6) is -1.99. The van der Waals surface area contributed by atoms with E-state index in [0.29, 0.717) is 14.5 Å². The van der Waals surface area contributed by atoms with Crippen molar-refractivity contribution in [3.63, 3.8) is 0 Å². The Morgan fingerprint density at radius 2 is 1.97 bits per heavy atom. The van der Waals surface area contributed by atoms with E-state index in [1.807, 2.05) is 22.6 Å². The van der Waals surface area contributed by atoms with Crippen LogP contribution in [0.1, 0.15) is 10.4 Å². The Labute approximate surface area is 206 Å². The molecule has 4 rings (SSSR count). The molecular formula is C21H17FIN5O5S. The zero-order chi connectivity index (χ0) is 24.8. The number of carbonyl (C=O) groups excluding carboxylic acids is 1. The number of benzene rings is 2. The second-order valence-electron chi connectivity index (χ2n) is 7.26. The lowest BCUT2D eigenvalue weighted by Crippen LogP contribution is -2.28.